The topological polar surface area (TPSA) is 0 Å². The van der Waals surface area contributed by atoms with E-state index in [1.54, 1.807) is 20.1 Å². The summed E-state index contributed by atoms with van der Waals surface area (Å²) in [5.74, 6) is 0. The van der Waals surface area contributed by atoms with E-state index < -0.39 is 14.8 Å². The molecule has 0 aromatic rings. The van der Waals surface area contributed by atoms with Crippen LogP contribution in [0.5, 0.6) is 0 Å². The first kappa shape index (κ1) is 17.6. The Labute approximate surface area is 114 Å². The molecule has 102 valence electrons. The summed E-state index contributed by atoms with van der Waals surface area (Å²) in [6, 6.07) is 0. The fraction of sp³-hybridized carbons (Fsp3) is 1.00. The third-order valence-corrected chi connectivity index (χ3v) is 22.2. The first-order valence-corrected chi connectivity index (χ1v) is 17.2. The van der Waals surface area contributed by atoms with Crippen molar-refractivity contribution in [2.24, 2.45) is 0 Å². The molecule has 0 aliphatic carbocycles. The standard InChI is InChI=1S/4C4H9.Zn/c4*1-3-4-2;/h4*1,3-4H2,2H3;. The molecule has 0 atom stereocenters. The van der Waals surface area contributed by atoms with E-state index in [4.69, 9.17) is 0 Å². The van der Waals surface area contributed by atoms with Crippen molar-refractivity contribution in [1.29, 1.82) is 0 Å². The normalized spacial score (nSPS) is 11.1. The van der Waals surface area contributed by atoms with Crippen LogP contribution < -0.4 is 0 Å². The van der Waals surface area contributed by atoms with Gasteiger partial charge in [-0.15, -0.1) is 0 Å². The van der Waals surface area contributed by atoms with Crippen LogP contribution in [0.15, 0.2) is 0 Å². The van der Waals surface area contributed by atoms with Gasteiger partial charge in [0.1, 0.15) is 0 Å². The van der Waals surface area contributed by atoms with E-state index in [0.717, 1.165) is 0 Å². The number of rotatable bonds is 12. The van der Waals surface area contributed by atoms with Gasteiger partial charge in [0.2, 0.25) is 0 Å². The molecule has 0 amide bonds. The molecule has 0 saturated heterocycles. The molecule has 1 heteroatoms. The predicted octanol–water partition coefficient (Wildman–Crippen LogP) is 7.01. The van der Waals surface area contributed by atoms with Crippen LogP contribution >= 0.6 is 0 Å². The molecule has 17 heavy (non-hydrogen) atoms. The average molecular weight is 294 g/mol. The molecule has 0 aromatic heterocycles. The van der Waals surface area contributed by atoms with Crippen LogP contribution in [-0.4, -0.2) is 0 Å². The van der Waals surface area contributed by atoms with Gasteiger partial charge in [-0.3, -0.25) is 0 Å². The zero-order valence-corrected chi connectivity index (χ0v) is 16.2. The molecule has 0 aromatic carbocycles. The second-order valence-corrected chi connectivity index (χ2v) is 21.8. The van der Waals surface area contributed by atoms with Crippen molar-refractivity contribution in [2.75, 3.05) is 0 Å². The van der Waals surface area contributed by atoms with Crippen LogP contribution in [0.4, 0.5) is 0 Å². The van der Waals surface area contributed by atoms with Gasteiger partial charge < -0.3 is 0 Å². The molecule has 0 aliphatic heterocycles. The summed E-state index contributed by atoms with van der Waals surface area (Å²) in [6.45, 7) is 9.49. The Balaban J connectivity index is 4.39. The quantitative estimate of drug-likeness (QED) is 0.339. The van der Waals surface area contributed by atoms with Gasteiger partial charge in [-0.2, -0.15) is 0 Å². The van der Waals surface area contributed by atoms with E-state index in [0.29, 0.717) is 0 Å². The Hall–Kier alpha value is 0.623. The molecule has 0 spiro atoms. The van der Waals surface area contributed by atoms with Gasteiger partial charge in [0.15, 0.2) is 0 Å². The molecular weight excluding hydrogens is 258 g/mol. The Kier molecular flexibility index (Phi) is 12.1. The number of hydrogen-bond acceptors (Lipinski definition) is 0. The minimum atomic E-state index is -1.79. The van der Waals surface area contributed by atoms with Gasteiger partial charge in [-0.25, -0.2) is 0 Å². The molecule has 0 fully saturated rings. The summed E-state index contributed by atoms with van der Waals surface area (Å²) < 4.78 is 0. The monoisotopic (exact) mass is 292 g/mol. The van der Waals surface area contributed by atoms with Crippen LogP contribution in [0.25, 0.3) is 0 Å². The van der Waals surface area contributed by atoms with E-state index >= 15 is 0 Å². The second kappa shape index (κ2) is 11.7. The summed E-state index contributed by atoms with van der Waals surface area (Å²) in [5, 5.41) is 6.83. The van der Waals surface area contributed by atoms with Crippen molar-refractivity contribution < 1.29 is 14.8 Å². The van der Waals surface area contributed by atoms with Gasteiger partial charge in [0, 0.05) is 0 Å². The van der Waals surface area contributed by atoms with Crippen molar-refractivity contribution >= 4 is 0 Å². The van der Waals surface area contributed by atoms with Crippen molar-refractivity contribution in [2.45, 2.75) is 99.1 Å². The third kappa shape index (κ3) is 8.36. The number of hydrogen-bond donors (Lipinski definition) is 0. The molecule has 0 nitrogen and oxygen atoms in total. The van der Waals surface area contributed by atoms with Gasteiger partial charge >= 0.3 is 114 Å². The van der Waals surface area contributed by atoms with Crippen molar-refractivity contribution in [3.8, 4) is 0 Å². The summed E-state index contributed by atoms with van der Waals surface area (Å²) in [7, 11) is 0. The second-order valence-electron chi connectivity index (χ2n) is 6.95. The Morgan fingerprint density at radius 3 is 0.882 bits per heavy atom. The maximum atomic E-state index is 2.37. The van der Waals surface area contributed by atoms with Crippen LogP contribution in [0.2, 0.25) is 20.1 Å². The molecule has 0 unspecified atom stereocenters. The summed E-state index contributed by atoms with van der Waals surface area (Å²) >= 11 is -1.79. The number of unbranched alkanes of at least 4 members (excludes halogenated alkanes) is 4. The third-order valence-electron chi connectivity index (χ3n) is 5.41. The summed E-state index contributed by atoms with van der Waals surface area (Å²) in [6.07, 6.45) is 11.8. The zero-order chi connectivity index (χ0) is 13.0. The minimum absolute atomic E-state index is 1.42. The fourth-order valence-corrected chi connectivity index (χ4v) is 21.7. The SMILES string of the molecule is CCC[CH2][Zn]([CH2]CCC)([CH2]CCC)[CH2]CCC. The Morgan fingerprint density at radius 1 is 0.471 bits per heavy atom. The first-order chi connectivity index (χ1) is 8.24. The predicted molar refractivity (Wildman–Crippen MR) is 78.9 cm³/mol. The molecule has 0 bridgehead atoms. The maximum absolute atomic E-state index is 2.37. The Bertz CT molecular complexity index is 116. The molecule has 0 saturated carbocycles. The zero-order valence-electron chi connectivity index (χ0n) is 13.2. The van der Waals surface area contributed by atoms with Gasteiger partial charge in [0.05, 0.1) is 0 Å². The summed E-state index contributed by atoms with van der Waals surface area (Å²) in [5.41, 5.74) is 0. The fourth-order valence-electron chi connectivity index (χ4n) is 4.18. The van der Waals surface area contributed by atoms with E-state index in [-0.39, 0.29) is 0 Å². The van der Waals surface area contributed by atoms with E-state index in [1.807, 2.05) is 0 Å². The molecule has 0 rings (SSSR count). The molecular formula is C16H36Zn. The Morgan fingerprint density at radius 2 is 0.706 bits per heavy atom. The molecule has 0 radical (unpaired) electrons. The molecule has 0 N–H and O–H groups in total. The van der Waals surface area contributed by atoms with Crippen LogP contribution in [0.1, 0.15) is 79.1 Å². The van der Waals surface area contributed by atoms with Gasteiger partial charge in [-0.05, 0) is 0 Å². The van der Waals surface area contributed by atoms with E-state index in [1.165, 1.54) is 51.4 Å². The van der Waals surface area contributed by atoms with E-state index in [2.05, 4.69) is 27.7 Å². The van der Waals surface area contributed by atoms with Crippen molar-refractivity contribution in [3.63, 3.8) is 0 Å². The average Bonchev–Trinajstić information content (AvgIpc) is 2.37. The molecule has 0 aliphatic rings. The summed E-state index contributed by atoms with van der Waals surface area (Å²) in [4.78, 5) is 0. The van der Waals surface area contributed by atoms with Crippen LogP contribution in [0.3, 0.4) is 0 Å². The van der Waals surface area contributed by atoms with Gasteiger partial charge in [-0.1, -0.05) is 0 Å². The van der Waals surface area contributed by atoms with Crippen molar-refractivity contribution in [1.82, 2.24) is 0 Å². The van der Waals surface area contributed by atoms with Crippen LogP contribution in [-0.2, 0) is 14.8 Å². The van der Waals surface area contributed by atoms with Crippen LogP contribution in [0, 0.1) is 0 Å². The van der Waals surface area contributed by atoms with Crippen molar-refractivity contribution in [3.05, 3.63) is 0 Å². The molecule has 0 heterocycles. The van der Waals surface area contributed by atoms with Gasteiger partial charge in [0.25, 0.3) is 0 Å². The first-order valence-electron chi connectivity index (χ1n) is 8.83. The van der Waals surface area contributed by atoms with E-state index in [9.17, 15) is 0 Å².